The van der Waals surface area contributed by atoms with Gasteiger partial charge in [0, 0.05) is 31.6 Å². The number of aliphatic hydroxyl groups is 1. The van der Waals surface area contributed by atoms with Crippen LogP contribution in [0, 0.1) is 0 Å². The van der Waals surface area contributed by atoms with Crippen molar-refractivity contribution in [1.82, 2.24) is 15.5 Å². The Morgan fingerprint density at radius 1 is 1.03 bits per heavy atom. The fourth-order valence-corrected chi connectivity index (χ4v) is 5.87. The zero-order valence-corrected chi connectivity index (χ0v) is 19.1. The molecule has 5 rings (SSSR count). The van der Waals surface area contributed by atoms with Crippen molar-refractivity contribution in [2.75, 3.05) is 19.7 Å². The maximum absolute atomic E-state index is 13.3. The molecule has 0 unspecified atom stereocenters. The van der Waals surface area contributed by atoms with E-state index in [1.165, 1.54) is 12.8 Å². The van der Waals surface area contributed by atoms with Gasteiger partial charge in [0.25, 0.3) is 5.91 Å². The van der Waals surface area contributed by atoms with Crippen LogP contribution in [0.5, 0.6) is 5.75 Å². The van der Waals surface area contributed by atoms with E-state index in [0.717, 1.165) is 19.3 Å². The highest BCUT2D eigenvalue weighted by Gasteiger charge is 2.42. The first-order chi connectivity index (χ1) is 16.1. The molecule has 0 spiro atoms. The van der Waals surface area contributed by atoms with E-state index >= 15 is 0 Å². The Labute approximate surface area is 195 Å². The lowest BCUT2D eigenvalue weighted by Crippen LogP contribution is -2.51. The van der Waals surface area contributed by atoms with Crippen molar-refractivity contribution in [2.24, 2.45) is 0 Å². The van der Waals surface area contributed by atoms with E-state index in [2.05, 4.69) is 15.5 Å². The van der Waals surface area contributed by atoms with Crippen molar-refractivity contribution in [3.8, 4) is 5.75 Å². The molecule has 3 aliphatic heterocycles. The molecule has 1 aromatic rings. The Bertz CT molecular complexity index is 858. The second-order valence-corrected chi connectivity index (χ2v) is 9.88. The average Bonchev–Trinajstić information content (AvgIpc) is 3.49. The number of ether oxygens (including phenoxy) is 2. The van der Waals surface area contributed by atoms with Crippen molar-refractivity contribution in [1.29, 1.82) is 0 Å². The third-order valence-electron chi connectivity index (χ3n) is 7.66. The molecule has 2 amide bonds. The summed E-state index contributed by atoms with van der Waals surface area (Å²) in [6, 6.07) is 7.30. The summed E-state index contributed by atoms with van der Waals surface area (Å²) in [6.07, 6.45) is 6.13. The third-order valence-corrected chi connectivity index (χ3v) is 7.66. The highest BCUT2D eigenvalue weighted by atomic mass is 16.5. The van der Waals surface area contributed by atoms with Crippen LogP contribution < -0.4 is 15.4 Å². The van der Waals surface area contributed by atoms with Gasteiger partial charge in [-0.3, -0.25) is 14.5 Å². The number of para-hydroxylation sites is 1. The maximum atomic E-state index is 13.3. The van der Waals surface area contributed by atoms with E-state index < -0.39 is 12.2 Å². The molecule has 0 aromatic heterocycles. The van der Waals surface area contributed by atoms with Crippen LogP contribution >= 0.6 is 0 Å². The van der Waals surface area contributed by atoms with E-state index in [9.17, 15) is 14.7 Å². The molecule has 8 heteroatoms. The number of hydrogen-bond donors (Lipinski definition) is 3. The van der Waals surface area contributed by atoms with Gasteiger partial charge in [0.05, 0.1) is 30.4 Å². The van der Waals surface area contributed by atoms with Crippen molar-refractivity contribution in [3.05, 3.63) is 29.8 Å². The number of carbonyl (C=O) groups excluding carboxylic acids is 2. The molecule has 2 saturated heterocycles. The first kappa shape index (κ1) is 22.6. The summed E-state index contributed by atoms with van der Waals surface area (Å²) >= 11 is 0. The van der Waals surface area contributed by atoms with Crippen LogP contribution in [0.25, 0.3) is 0 Å². The quantitative estimate of drug-likeness (QED) is 0.593. The highest BCUT2D eigenvalue weighted by molar-refractivity contribution is 5.97. The largest absolute Gasteiger partial charge is 0.493 e. The summed E-state index contributed by atoms with van der Waals surface area (Å²) in [5.74, 6) is 0.369. The zero-order chi connectivity index (χ0) is 22.8. The van der Waals surface area contributed by atoms with Gasteiger partial charge in [0.2, 0.25) is 5.91 Å². The van der Waals surface area contributed by atoms with Crippen LogP contribution in [-0.4, -0.2) is 78.0 Å². The SMILES string of the molecule is O=C1N[C@H]2C[C@@H](C(=O)NC[C@H]3O[C@H](CCOc4ccccc41)CC[C@@H]3O)N(C1CCCC1)C2. The number of rotatable bonds is 1. The molecule has 180 valence electrons. The van der Waals surface area contributed by atoms with Crippen molar-refractivity contribution >= 4 is 11.8 Å². The van der Waals surface area contributed by atoms with Crippen LogP contribution in [0.1, 0.15) is 61.7 Å². The van der Waals surface area contributed by atoms with Gasteiger partial charge in [0.15, 0.2) is 0 Å². The number of hydrogen-bond acceptors (Lipinski definition) is 6. The Morgan fingerprint density at radius 2 is 1.85 bits per heavy atom. The lowest BCUT2D eigenvalue weighted by molar-refractivity contribution is -0.134. The van der Waals surface area contributed by atoms with E-state index in [1.807, 2.05) is 18.2 Å². The highest BCUT2D eigenvalue weighted by Crippen LogP contribution is 2.31. The van der Waals surface area contributed by atoms with Gasteiger partial charge in [-0.05, 0) is 44.2 Å². The lowest BCUT2D eigenvalue weighted by Gasteiger charge is -2.35. The first-order valence-corrected chi connectivity index (χ1v) is 12.5. The summed E-state index contributed by atoms with van der Waals surface area (Å²) in [5, 5.41) is 16.7. The van der Waals surface area contributed by atoms with Crippen molar-refractivity contribution < 1.29 is 24.2 Å². The van der Waals surface area contributed by atoms with Crippen LogP contribution in [0.15, 0.2) is 24.3 Å². The van der Waals surface area contributed by atoms with Crippen molar-refractivity contribution in [2.45, 2.75) is 87.8 Å². The van der Waals surface area contributed by atoms with Crippen molar-refractivity contribution in [3.63, 3.8) is 0 Å². The molecule has 33 heavy (non-hydrogen) atoms. The van der Waals surface area contributed by atoms with Crippen LogP contribution in [0.4, 0.5) is 0 Å². The minimum atomic E-state index is -0.580. The van der Waals surface area contributed by atoms with E-state index in [4.69, 9.17) is 9.47 Å². The van der Waals surface area contributed by atoms with Gasteiger partial charge >= 0.3 is 0 Å². The molecule has 3 N–H and O–H groups in total. The summed E-state index contributed by atoms with van der Waals surface area (Å²) in [5.41, 5.74) is 0.516. The summed E-state index contributed by atoms with van der Waals surface area (Å²) in [7, 11) is 0. The number of benzene rings is 1. The molecule has 8 nitrogen and oxygen atoms in total. The number of carbonyl (C=O) groups is 2. The molecular formula is C25H35N3O5. The van der Waals surface area contributed by atoms with Gasteiger partial charge in [-0.2, -0.15) is 0 Å². The Balaban J connectivity index is 1.39. The van der Waals surface area contributed by atoms with Crippen LogP contribution in [-0.2, 0) is 9.53 Å². The van der Waals surface area contributed by atoms with Crippen LogP contribution in [0.3, 0.4) is 0 Å². The molecule has 3 heterocycles. The molecule has 1 aromatic carbocycles. The molecule has 1 saturated carbocycles. The lowest BCUT2D eigenvalue weighted by atomic mass is 9.99. The normalized spacial score (nSPS) is 34.3. The smallest absolute Gasteiger partial charge is 0.255 e. The van der Waals surface area contributed by atoms with E-state index in [-0.39, 0.29) is 30.0 Å². The molecule has 4 bridgehead atoms. The predicted molar refractivity (Wildman–Crippen MR) is 122 cm³/mol. The summed E-state index contributed by atoms with van der Waals surface area (Å²) in [4.78, 5) is 28.7. The molecule has 0 radical (unpaired) electrons. The Hall–Kier alpha value is -2.16. The standard InChI is InChI=1S/C25H35N3O5/c29-21-10-9-18-11-12-32-22-8-4-3-7-19(22)24(30)27-16-13-20(25(31)26-14-23(21)33-18)28(15-16)17-5-1-2-6-17/h3-4,7-8,16-18,20-21,23,29H,1-2,5-6,9-15H2,(H,26,31)(H,27,30)/t16-,18-,20-,21-,23+/m0/s1. The third kappa shape index (κ3) is 5.03. The number of nitrogens with one attached hydrogen (secondary N) is 2. The number of fused-ring (bicyclic) bond motifs is 5. The molecular weight excluding hydrogens is 422 g/mol. The second kappa shape index (κ2) is 9.99. The molecule has 1 aliphatic carbocycles. The summed E-state index contributed by atoms with van der Waals surface area (Å²) < 4.78 is 12.1. The fraction of sp³-hybridized carbons (Fsp3) is 0.680. The molecule has 4 aliphatic rings. The molecule has 3 fully saturated rings. The van der Waals surface area contributed by atoms with Gasteiger partial charge < -0.3 is 25.2 Å². The van der Waals surface area contributed by atoms with Gasteiger partial charge in [-0.1, -0.05) is 25.0 Å². The minimum absolute atomic E-state index is 0.0348. The average molecular weight is 458 g/mol. The van der Waals surface area contributed by atoms with Gasteiger partial charge in [-0.15, -0.1) is 0 Å². The van der Waals surface area contributed by atoms with Crippen LogP contribution in [0.2, 0.25) is 0 Å². The van der Waals surface area contributed by atoms with E-state index in [0.29, 0.717) is 56.3 Å². The minimum Gasteiger partial charge on any atom is -0.493 e. The number of nitrogens with zero attached hydrogens (tertiary/aromatic N) is 1. The first-order valence-electron chi connectivity index (χ1n) is 12.5. The monoisotopic (exact) mass is 457 g/mol. The summed E-state index contributed by atoms with van der Waals surface area (Å²) in [6.45, 7) is 1.39. The number of aliphatic hydroxyl groups excluding tert-OH is 1. The fourth-order valence-electron chi connectivity index (χ4n) is 5.87. The maximum Gasteiger partial charge on any atom is 0.255 e. The van der Waals surface area contributed by atoms with Gasteiger partial charge in [-0.25, -0.2) is 0 Å². The predicted octanol–water partition coefficient (Wildman–Crippen LogP) is 1.61. The Morgan fingerprint density at radius 3 is 2.70 bits per heavy atom. The molecule has 5 atom stereocenters. The van der Waals surface area contributed by atoms with Gasteiger partial charge in [0.1, 0.15) is 11.9 Å². The topological polar surface area (TPSA) is 100 Å². The second-order valence-electron chi connectivity index (χ2n) is 9.88. The number of amides is 2. The Kier molecular flexibility index (Phi) is 6.85. The van der Waals surface area contributed by atoms with E-state index in [1.54, 1.807) is 6.07 Å². The number of likely N-dealkylation sites (tertiary alicyclic amines) is 1. The zero-order valence-electron chi connectivity index (χ0n) is 19.1.